The first-order chi connectivity index (χ1) is 12.6. The van der Waals surface area contributed by atoms with Crippen LogP contribution in [0.4, 0.5) is 8.78 Å². The van der Waals surface area contributed by atoms with E-state index in [1.54, 1.807) is 36.6 Å². The van der Waals surface area contributed by atoms with Gasteiger partial charge in [-0.3, -0.25) is 0 Å². The molecule has 2 heterocycles. The van der Waals surface area contributed by atoms with E-state index in [9.17, 15) is 8.78 Å². The Balaban J connectivity index is 1.70. The van der Waals surface area contributed by atoms with Crippen LogP contribution in [0.3, 0.4) is 0 Å². The summed E-state index contributed by atoms with van der Waals surface area (Å²) in [5, 5.41) is 11.8. The van der Waals surface area contributed by atoms with E-state index in [0.717, 1.165) is 16.4 Å². The molecule has 136 valence electrons. The van der Waals surface area contributed by atoms with Gasteiger partial charge in [-0.25, -0.2) is 8.78 Å². The maximum atomic E-state index is 12.9. The predicted octanol–water partition coefficient (Wildman–Crippen LogP) is 4.65. The van der Waals surface area contributed by atoms with E-state index in [1.807, 2.05) is 6.07 Å². The Morgan fingerprint density at radius 3 is 2.85 bits per heavy atom. The zero-order chi connectivity index (χ0) is 18.5. The topological polar surface area (TPSA) is 65.4 Å². The lowest BCUT2D eigenvalue weighted by Crippen LogP contribution is -2.00. The van der Waals surface area contributed by atoms with Gasteiger partial charge in [0.05, 0.1) is 11.2 Å². The van der Waals surface area contributed by atoms with Crippen molar-refractivity contribution in [3.8, 4) is 5.75 Å². The van der Waals surface area contributed by atoms with Crippen LogP contribution in [0.5, 0.6) is 5.75 Å². The van der Waals surface area contributed by atoms with Crippen LogP contribution in [0.2, 0.25) is 5.02 Å². The molecular formula is C16H13ClF2N4O2S. The monoisotopic (exact) mass is 398 g/mol. The molecule has 0 aliphatic heterocycles. The summed E-state index contributed by atoms with van der Waals surface area (Å²) >= 11 is 7.18. The Morgan fingerprint density at radius 2 is 2.12 bits per heavy atom. The van der Waals surface area contributed by atoms with Gasteiger partial charge < -0.3 is 9.15 Å². The van der Waals surface area contributed by atoms with Crippen molar-refractivity contribution in [2.45, 2.75) is 18.2 Å². The maximum absolute atomic E-state index is 12.9. The van der Waals surface area contributed by atoms with Crippen LogP contribution in [0, 0.1) is 0 Å². The van der Waals surface area contributed by atoms with Gasteiger partial charge in [-0.05, 0) is 30.5 Å². The minimum atomic E-state index is -2.78. The molecule has 0 fully saturated rings. The largest absolute Gasteiger partial charge is 0.484 e. The van der Waals surface area contributed by atoms with E-state index >= 15 is 0 Å². The fraction of sp³-hybridized carbons (Fsp3) is 0.188. The van der Waals surface area contributed by atoms with Gasteiger partial charge in [-0.1, -0.05) is 35.5 Å². The smallest absolute Gasteiger partial charge is 0.299 e. The Bertz CT molecular complexity index is 913. The van der Waals surface area contributed by atoms with Crippen molar-refractivity contribution >= 4 is 29.6 Å². The Morgan fingerprint density at radius 1 is 1.31 bits per heavy atom. The van der Waals surface area contributed by atoms with E-state index in [-0.39, 0.29) is 11.8 Å². The summed E-state index contributed by atoms with van der Waals surface area (Å²) < 4.78 is 38.0. The van der Waals surface area contributed by atoms with Gasteiger partial charge in [0.15, 0.2) is 0 Å². The lowest BCUT2D eigenvalue weighted by molar-refractivity contribution is 0.135. The van der Waals surface area contributed by atoms with Gasteiger partial charge in [0.1, 0.15) is 23.9 Å². The highest BCUT2D eigenvalue weighted by molar-refractivity contribution is 7.98. The Hall–Kier alpha value is -2.39. The third kappa shape index (κ3) is 4.23. The number of hydrogen-bond acceptors (Lipinski definition) is 6. The molecule has 10 heteroatoms. The number of benzene rings is 1. The summed E-state index contributed by atoms with van der Waals surface area (Å²) in [5.41, 5.74) is 0. The van der Waals surface area contributed by atoms with Gasteiger partial charge in [-0.2, -0.15) is 9.78 Å². The molecule has 3 aromatic rings. The standard InChI is InChI=1S/C16H13ClF2N4O2S/c1-26-16-22-21-15(14(18)19)23(16)20-8-10-6-7-11(25-10)9-24-13-5-3-2-4-12(13)17/h2-8,14H,9H2,1H3/b20-8+. The second-order valence-corrected chi connectivity index (χ2v) is 6.11. The zero-order valence-corrected chi connectivity index (χ0v) is 15.0. The molecule has 0 N–H and O–H groups in total. The number of ether oxygens (including phenoxy) is 1. The third-order valence-corrected chi connectivity index (χ3v) is 4.14. The van der Waals surface area contributed by atoms with E-state index < -0.39 is 12.2 Å². The van der Waals surface area contributed by atoms with Gasteiger partial charge in [-0.15, -0.1) is 10.2 Å². The van der Waals surface area contributed by atoms with Gasteiger partial charge >= 0.3 is 0 Å². The SMILES string of the molecule is CSc1nnc(C(F)F)n1/N=C/c1ccc(COc2ccccc2Cl)o1. The molecule has 0 saturated carbocycles. The Labute approximate surface area is 156 Å². The molecule has 6 nitrogen and oxygen atoms in total. The fourth-order valence-corrected chi connectivity index (χ4v) is 2.64. The van der Waals surface area contributed by atoms with Crippen LogP contribution < -0.4 is 4.74 Å². The van der Waals surface area contributed by atoms with Crippen molar-refractivity contribution in [2.75, 3.05) is 6.26 Å². The van der Waals surface area contributed by atoms with Crippen molar-refractivity contribution in [3.63, 3.8) is 0 Å². The molecule has 1 aromatic carbocycles. The minimum absolute atomic E-state index is 0.169. The van der Waals surface area contributed by atoms with Gasteiger partial charge in [0.25, 0.3) is 6.43 Å². The van der Waals surface area contributed by atoms with E-state index in [0.29, 0.717) is 22.3 Å². The Kier molecular flexibility index (Phi) is 5.89. The summed E-state index contributed by atoms with van der Waals surface area (Å²) in [7, 11) is 0. The predicted molar refractivity (Wildman–Crippen MR) is 94.2 cm³/mol. The summed E-state index contributed by atoms with van der Waals surface area (Å²) in [6.07, 6.45) is 0.229. The highest BCUT2D eigenvalue weighted by Gasteiger charge is 2.19. The van der Waals surface area contributed by atoms with Crippen LogP contribution in [0.25, 0.3) is 0 Å². The number of aromatic nitrogens is 3. The van der Waals surface area contributed by atoms with E-state index in [1.165, 1.54) is 6.21 Å². The lowest BCUT2D eigenvalue weighted by Gasteiger charge is -2.05. The molecule has 0 spiro atoms. The molecule has 0 unspecified atom stereocenters. The first-order valence-corrected chi connectivity index (χ1v) is 8.96. The van der Waals surface area contributed by atoms with Crippen molar-refractivity contribution in [1.29, 1.82) is 0 Å². The van der Waals surface area contributed by atoms with Crippen LogP contribution in [-0.2, 0) is 6.61 Å². The summed E-state index contributed by atoms with van der Waals surface area (Å²) in [4.78, 5) is 0. The molecule has 0 atom stereocenters. The summed E-state index contributed by atoms with van der Waals surface area (Å²) in [6, 6.07) is 10.4. The third-order valence-electron chi connectivity index (χ3n) is 3.20. The molecule has 3 rings (SSSR count). The first kappa shape index (κ1) is 18.4. The van der Waals surface area contributed by atoms with Gasteiger partial charge in [0, 0.05) is 0 Å². The van der Waals surface area contributed by atoms with Crippen molar-refractivity contribution in [2.24, 2.45) is 5.10 Å². The molecule has 2 aromatic heterocycles. The average Bonchev–Trinajstić information content (AvgIpc) is 3.25. The van der Waals surface area contributed by atoms with E-state index in [4.69, 9.17) is 20.8 Å². The summed E-state index contributed by atoms with van der Waals surface area (Å²) in [6.45, 7) is 0.169. The number of hydrogen-bond donors (Lipinski definition) is 0. The van der Waals surface area contributed by atoms with Crippen LogP contribution in [0.1, 0.15) is 23.8 Å². The van der Waals surface area contributed by atoms with Crippen molar-refractivity contribution in [1.82, 2.24) is 14.9 Å². The van der Waals surface area contributed by atoms with Gasteiger partial charge in [0.2, 0.25) is 11.0 Å². The lowest BCUT2D eigenvalue weighted by atomic mass is 10.3. The average molecular weight is 399 g/mol. The molecule has 0 aliphatic rings. The normalized spacial score (nSPS) is 11.6. The number of alkyl halides is 2. The highest BCUT2D eigenvalue weighted by atomic mass is 35.5. The molecular weight excluding hydrogens is 386 g/mol. The van der Waals surface area contributed by atoms with Crippen molar-refractivity contribution in [3.05, 3.63) is 58.8 Å². The first-order valence-electron chi connectivity index (χ1n) is 7.36. The number of rotatable bonds is 7. The number of furan rings is 1. The molecule has 26 heavy (non-hydrogen) atoms. The second kappa shape index (κ2) is 8.33. The number of para-hydroxylation sites is 1. The molecule has 0 aliphatic carbocycles. The number of thioether (sulfide) groups is 1. The van der Waals surface area contributed by atoms with Crippen LogP contribution in [-0.4, -0.2) is 27.3 Å². The molecule has 0 radical (unpaired) electrons. The highest BCUT2D eigenvalue weighted by Crippen LogP contribution is 2.24. The van der Waals surface area contributed by atoms with Crippen molar-refractivity contribution < 1.29 is 17.9 Å². The quantitative estimate of drug-likeness (QED) is 0.428. The fourth-order valence-electron chi connectivity index (χ4n) is 2.02. The molecule has 0 bridgehead atoms. The molecule has 0 saturated heterocycles. The second-order valence-electron chi connectivity index (χ2n) is 4.93. The van der Waals surface area contributed by atoms with Crippen LogP contribution in [0.15, 0.2) is 51.1 Å². The maximum Gasteiger partial charge on any atom is 0.299 e. The number of nitrogens with zero attached hydrogens (tertiary/aromatic N) is 4. The van der Waals surface area contributed by atoms with Crippen LogP contribution >= 0.6 is 23.4 Å². The zero-order valence-electron chi connectivity index (χ0n) is 13.5. The number of halogens is 3. The summed E-state index contributed by atoms with van der Waals surface area (Å²) in [5.74, 6) is 0.925. The molecule has 0 amide bonds. The van der Waals surface area contributed by atoms with E-state index in [2.05, 4.69) is 15.3 Å². The minimum Gasteiger partial charge on any atom is -0.484 e.